The van der Waals surface area contributed by atoms with Gasteiger partial charge in [0.05, 0.1) is 21.9 Å². The van der Waals surface area contributed by atoms with Crippen molar-refractivity contribution in [2.45, 2.75) is 28.7 Å². The third-order valence-electron chi connectivity index (χ3n) is 6.76. The van der Waals surface area contributed by atoms with Crippen molar-refractivity contribution in [1.82, 2.24) is 4.31 Å². The van der Waals surface area contributed by atoms with Gasteiger partial charge in [-0.15, -0.1) is 0 Å². The van der Waals surface area contributed by atoms with Gasteiger partial charge in [0.25, 0.3) is 5.91 Å². The zero-order valence-corrected chi connectivity index (χ0v) is 24.2. The maximum Gasteiger partial charge on any atom is 0.252 e. The number of anilines is 1. The first-order chi connectivity index (χ1) is 18.9. The molecule has 0 aromatic heterocycles. The largest absolute Gasteiger partial charge is 0.274 e. The lowest BCUT2D eigenvalue weighted by Crippen LogP contribution is -2.46. The van der Waals surface area contributed by atoms with Crippen molar-refractivity contribution in [3.8, 4) is 0 Å². The van der Waals surface area contributed by atoms with Crippen LogP contribution in [0.5, 0.6) is 0 Å². The van der Waals surface area contributed by atoms with Crippen molar-refractivity contribution in [2.24, 2.45) is 5.14 Å². The first kappa shape index (κ1) is 28.1. The van der Waals surface area contributed by atoms with E-state index in [0.717, 1.165) is 19.1 Å². The van der Waals surface area contributed by atoms with Crippen LogP contribution in [0.2, 0.25) is 0 Å². The summed E-state index contributed by atoms with van der Waals surface area (Å²) in [6.07, 6.45) is -0.153. The Bertz CT molecular complexity index is 1830. The smallest absolute Gasteiger partial charge is 0.252 e. The monoisotopic (exact) mass is 641 g/mol. The molecule has 1 unspecified atom stereocenters. The highest BCUT2D eigenvalue weighted by Crippen LogP contribution is 2.31. The van der Waals surface area contributed by atoms with Crippen LogP contribution in [0.3, 0.4) is 0 Å². The minimum absolute atomic E-state index is 0.00175. The normalized spacial score (nSPS) is 16.3. The number of sulfonamides is 2. The molecule has 5 rings (SSSR count). The number of fused-ring (bicyclic) bond motifs is 1. The third kappa shape index (κ3) is 5.58. The van der Waals surface area contributed by atoms with Crippen molar-refractivity contribution in [1.29, 1.82) is 0 Å². The second-order valence-electron chi connectivity index (χ2n) is 9.33. The first-order valence-corrected chi connectivity index (χ1v) is 16.0. The average Bonchev–Trinajstić information content (AvgIpc) is 3.21. The zero-order valence-electron chi connectivity index (χ0n) is 21.0. The number of rotatable bonds is 8. The second kappa shape index (κ2) is 10.9. The van der Waals surface area contributed by atoms with Gasteiger partial charge in [0.1, 0.15) is 6.04 Å². The van der Waals surface area contributed by atoms with Gasteiger partial charge < -0.3 is 0 Å². The molecular weight excluding hydrogens is 618 g/mol. The van der Waals surface area contributed by atoms with Crippen LogP contribution < -0.4 is 10.0 Å². The summed E-state index contributed by atoms with van der Waals surface area (Å²) < 4.78 is 53.2. The molecule has 1 fully saturated rings. The highest BCUT2D eigenvalue weighted by Gasteiger charge is 2.46. The molecule has 1 heterocycles. The quantitative estimate of drug-likeness (QED) is 0.291. The number of primary sulfonamides is 1. The number of hydrogen-bond donors (Lipinski definition) is 1. The molecule has 12 heteroatoms. The Labute approximate surface area is 240 Å². The average molecular weight is 643 g/mol. The lowest BCUT2D eigenvalue weighted by molar-refractivity contribution is -0.122. The van der Waals surface area contributed by atoms with Crippen molar-refractivity contribution >= 4 is 64.3 Å². The molecule has 0 radical (unpaired) electrons. The number of benzene rings is 4. The predicted octanol–water partition coefficient (Wildman–Crippen LogP) is 3.82. The second-order valence-corrected chi connectivity index (χ2v) is 13.7. The SMILES string of the molecule is NS(=O)(=O)c1ccc(CCN(C2CC(=O)N(c3ccc(Br)cc3)C2=O)S(=O)(=O)c2ccc3ccccc3c2)cc1. The molecule has 1 aliphatic rings. The summed E-state index contributed by atoms with van der Waals surface area (Å²) in [5, 5.41) is 6.75. The highest BCUT2D eigenvalue weighted by atomic mass is 79.9. The van der Waals surface area contributed by atoms with Crippen molar-refractivity contribution in [3.63, 3.8) is 0 Å². The lowest BCUT2D eigenvalue weighted by Gasteiger charge is -2.27. The summed E-state index contributed by atoms with van der Waals surface area (Å²) >= 11 is 3.33. The standard InChI is InChI=1S/C28H24BrN3O6S2/c29-22-8-10-23(11-9-22)32-27(33)18-26(28(32)34)31(16-15-19-5-12-24(13-6-19)39(30,35)36)40(37,38)25-14-7-20-3-1-2-4-21(20)17-25/h1-14,17,26H,15-16,18H2,(H2,30,35,36). The number of carbonyl (C=O) groups excluding carboxylic acids is 2. The summed E-state index contributed by atoms with van der Waals surface area (Å²) in [7, 11) is -8.12. The zero-order chi connectivity index (χ0) is 28.7. The highest BCUT2D eigenvalue weighted by molar-refractivity contribution is 9.10. The lowest BCUT2D eigenvalue weighted by atomic mass is 10.1. The molecule has 40 heavy (non-hydrogen) atoms. The van der Waals surface area contributed by atoms with Crippen molar-refractivity contribution in [3.05, 3.63) is 101 Å². The molecule has 2 amide bonds. The number of halogens is 1. The van der Waals surface area contributed by atoms with Gasteiger partial charge in [0, 0.05) is 11.0 Å². The van der Waals surface area contributed by atoms with E-state index in [4.69, 9.17) is 5.14 Å². The minimum atomic E-state index is -4.24. The molecule has 4 aromatic carbocycles. The molecule has 9 nitrogen and oxygen atoms in total. The number of amides is 2. The van der Waals surface area contributed by atoms with E-state index in [1.165, 1.54) is 30.3 Å². The van der Waals surface area contributed by atoms with Crippen molar-refractivity contribution in [2.75, 3.05) is 11.4 Å². The van der Waals surface area contributed by atoms with Crippen LogP contribution in [-0.4, -0.2) is 45.5 Å². The van der Waals surface area contributed by atoms with Gasteiger partial charge in [-0.25, -0.2) is 26.9 Å². The fraction of sp³-hybridized carbons (Fsp3) is 0.143. The Morgan fingerprint density at radius 3 is 2.10 bits per heavy atom. The topological polar surface area (TPSA) is 135 Å². The molecule has 206 valence electrons. The van der Waals surface area contributed by atoms with Gasteiger partial charge in [-0.2, -0.15) is 4.31 Å². The minimum Gasteiger partial charge on any atom is -0.274 e. The van der Waals surface area contributed by atoms with Gasteiger partial charge in [-0.1, -0.05) is 58.4 Å². The molecule has 0 spiro atoms. The molecule has 0 aliphatic carbocycles. The van der Waals surface area contributed by atoms with E-state index in [1.807, 2.05) is 12.1 Å². The molecule has 1 aliphatic heterocycles. The van der Waals surface area contributed by atoms with E-state index in [1.54, 1.807) is 48.5 Å². The van der Waals surface area contributed by atoms with Crippen LogP contribution in [0.4, 0.5) is 5.69 Å². The van der Waals surface area contributed by atoms with Crippen LogP contribution in [0.25, 0.3) is 10.8 Å². The molecule has 0 bridgehead atoms. The number of imide groups is 1. The number of hydrogen-bond acceptors (Lipinski definition) is 6. The van der Waals surface area contributed by atoms with Crippen LogP contribution in [-0.2, 0) is 36.1 Å². The van der Waals surface area contributed by atoms with Gasteiger partial charge in [-0.3, -0.25) is 9.59 Å². The Morgan fingerprint density at radius 2 is 1.45 bits per heavy atom. The summed E-state index contributed by atoms with van der Waals surface area (Å²) in [6, 6.07) is 23.1. The van der Waals surface area contributed by atoms with E-state index in [-0.39, 0.29) is 29.2 Å². The third-order valence-corrected chi connectivity index (χ3v) is 10.1. The molecular formula is C28H24BrN3O6S2. The molecule has 1 saturated heterocycles. The first-order valence-electron chi connectivity index (χ1n) is 12.2. The summed E-state index contributed by atoms with van der Waals surface area (Å²) in [5.41, 5.74) is 0.981. The predicted molar refractivity (Wildman–Crippen MR) is 154 cm³/mol. The van der Waals surface area contributed by atoms with Gasteiger partial charge in [0.2, 0.25) is 26.0 Å². The van der Waals surface area contributed by atoms with Gasteiger partial charge in [0.15, 0.2) is 0 Å². The van der Waals surface area contributed by atoms with Gasteiger partial charge in [-0.05, 0) is 71.3 Å². The van der Waals surface area contributed by atoms with E-state index < -0.39 is 37.9 Å². The number of nitrogens with zero attached hydrogens (tertiary/aromatic N) is 2. The summed E-state index contributed by atoms with van der Waals surface area (Å²) in [6.45, 7) is -0.123. The van der Waals surface area contributed by atoms with E-state index in [9.17, 15) is 26.4 Å². The van der Waals surface area contributed by atoms with Crippen LogP contribution in [0.15, 0.2) is 105 Å². The molecule has 2 N–H and O–H groups in total. The van der Waals surface area contributed by atoms with E-state index in [2.05, 4.69) is 15.9 Å². The van der Waals surface area contributed by atoms with Crippen molar-refractivity contribution < 1.29 is 26.4 Å². The van der Waals surface area contributed by atoms with E-state index in [0.29, 0.717) is 16.6 Å². The number of carbonyl (C=O) groups is 2. The maximum atomic E-state index is 14.1. The molecule has 4 aromatic rings. The van der Waals surface area contributed by atoms with Crippen LogP contribution in [0, 0.1) is 0 Å². The van der Waals surface area contributed by atoms with Gasteiger partial charge >= 0.3 is 0 Å². The van der Waals surface area contributed by atoms with E-state index >= 15 is 0 Å². The Morgan fingerprint density at radius 1 is 0.825 bits per heavy atom. The van der Waals surface area contributed by atoms with Crippen LogP contribution >= 0.6 is 15.9 Å². The van der Waals surface area contributed by atoms with Crippen LogP contribution in [0.1, 0.15) is 12.0 Å². The Kier molecular flexibility index (Phi) is 7.64. The summed E-state index contributed by atoms with van der Waals surface area (Å²) in [5.74, 6) is -1.14. The Balaban J connectivity index is 1.51. The molecule has 1 atom stereocenters. The number of nitrogens with two attached hydrogens (primary N) is 1. The fourth-order valence-electron chi connectivity index (χ4n) is 4.69. The fourth-order valence-corrected chi connectivity index (χ4v) is 7.09. The molecule has 0 saturated carbocycles. The maximum absolute atomic E-state index is 14.1. The Hall–Kier alpha value is -3.42. The summed E-state index contributed by atoms with van der Waals surface area (Å²) in [4.78, 5) is 27.6.